The van der Waals surface area contributed by atoms with Crippen molar-refractivity contribution in [3.8, 4) is 0 Å². The van der Waals surface area contributed by atoms with Crippen molar-refractivity contribution in [2.75, 3.05) is 31.1 Å². The summed E-state index contributed by atoms with van der Waals surface area (Å²) in [6, 6.07) is 8.34. The van der Waals surface area contributed by atoms with Crippen LogP contribution in [0.4, 0.5) is 5.69 Å². The molecule has 1 heterocycles. The molecule has 134 valence electrons. The molecule has 24 heavy (non-hydrogen) atoms. The molecule has 0 spiro atoms. The summed E-state index contributed by atoms with van der Waals surface area (Å²) in [4.78, 5) is 14.0. The lowest BCUT2D eigenvalue weighted by Gasteiger charge is -2.34. The fourth-order valence-corrected chi connectivity index (χ4v) is 3.32. The first-order chi connectivity index (χ1) is 11.5. The Bertz CT molecular complexity index is 543. The molecule has 1 aliphatic rings. The summed E-state index contributed by atoms with van der Waals surface area (Å²) in [5, 5.41) is 12.9. The Morgan fingerprint density at radius 2 is 2.08 bits per heavy atom. The Hall–Kier alpha value is -1.59. The van der Waals surface area contributed by atoms with Crippen molar-refractivity contribution >= 4 is 11.7 Å². The van der Waals surface area contributed by atoms with Crippen LogP contribution in [0.5, 0.6) is 0 Å². The van der Waals surface area contributed by atoms with Gasteiger partial charge in [0.2, 0.25) is 0 Å². The number of para-hydroxylation sites is 1. The molecule has 0 bridgehead atoms. The molecule has 1 fully saturated rings. The van der Waals surface area contributed by atoms with Crippen molar-refractivity contribution < 1.29 is 14.6 Å². The highest BCUT2D eigenvalue weighted by Gasteiger charge is 2.34. The predicted octanol–water partition coefficient (Wildman–Crippen LogP) is 2.89. The minimum absolute atomic E-state index is 0.236. The number of rotatable bonds is 8. The smallest absolute Gasteiger partial charge is 0.310 e. The van der Waals surface area contributed by atoms with Gasteiger partial charge >= 0.3 is 5.97 Å². The van der Waals surface area contributed by atoms with Gasteiger partial charge in [0.1, 0.15) is 0 Å². The number of benzene rings is 1. The third kappa shape index (κ3) is 4.28. The van der Waals surface area contributed by atoms with Gasteiger partial charge < -0.3 is 20.1 Å². The van der Waals surface area contributed by atoms with Crippen molar-refractivity contribution in [3.63, 3.8) is 0 Å². The maximum absolute atomic E-state index is 11.6. The largest absolute Gasteiger partial charge is 0.481 e. The molecule has 5 nitrogen and oxygen atoms in total. The van der Waals surface area contributed by atoms with Gasteiger partial charge in [-0.15, -0.1) is 0 Å². The first kappa shape index (κ1) is 18.7. The third-order valence-electron chi connectivity index (χ3n) is 5.16. The zero-order valence-corrected chi connectivity index (χ0v) is 15.0. The molecule has 0 aromatic heterocycles. The second-order valence-corrected chi connectivity index (χ2v) is 6.65. The lowest BCUT2D eigenvalue weighted by molar-refractivity contribution is -0.149. The first-order valence-corrected chi connectivity index (χ1v) is 8.91. The minimum atomic E-state index is -0.713. The summed E-state index contributed by atoms with van der Waals surface area (Å²) >= 11 is 0. The second kappa shape index (κ2) is 8.49. The molecular formula is C19H30N2O3. The number of morpholine rings is 1. The molecule has 0 saturated carbocycles. The molecule has 5 heteroatoms. The first-order valence-electron chi connectivity index (χ1n) is 8.91. The number of anilines is 1. The number of hydrogen-bond donors (Lipinski definition) is 2. The van der Waals surface area contributed by atoms with E-state index in [2.05, 4.69) is 35.3 Å². The molecule has 0 aliphatic carbocycles. The molecule has 0 radical (unpaired) electrons. The van der Waals surface area contributed by atoms with Crippen molar-refractivity contribution in [1.82, 2.24) is 5.32 Å². The van der Waals surface area contributed by atoms with E-state index in [4.69, 9.17) is 4.74 Å². The number of ether oxygens (including phenoxy) is 1. The van der Waals surface area contributed by atoms with Crippen LogP contribution in [0.1, 0.15) is 39.2 Å². The Labute approximate surface area is 145 Å². The van der Waals surface area contributed by atoms with Gasteiger partial charge in [-0.25, -0.2) is 0 Å². The van der Waals surface area contributed by atoms with Gasteiger partial charge in [-0.1, -0.05) is 32.0 Å². The number of hydrogen-bond acceptors (Lipinski definition) is 4. The second-order valence-electron chi connectivity index (χ2n) is 6.65. The Balaban J connectivity index is 2.04. The molecule has 2 N–H and O–H groups in total. The van der Waals surface area contributed by atoms with Gasteiger partial charge in [-0.3, -0.25) is 4.79 Å². The van der Waals surface area contributed by atoms with Crippen LogP contribution in [0.25, 0.3) is 0 Å². The lowest BCUT2D eigenvalue weighted by atomic mass is 9.82. The van der Waals surface area contributed by atoms with Crippen LogP contribution in [-0.2, 0) is 16.1 Å². The molecule has 0 amide bonds. The highest BCUT2D eigenvalue weighted by Crippen LogP contribution is 2.27. The average Bonchev–Trinajstić information content (AvgIpc) is 2.59. The number of carboxylic acid groups (broad SMARTS) is 1. The summed E-state index contributed by atoms with van der Waals surface area (Å²) in [5.41, 5.74) is 1.75. The van der Waals surface area contributed by atoms with Crippen LogP contribution in [0.3, 0.4) is 0 Å². The number of carbonyl (C=O) groups is 1. The van der Waals surface area contributed by atoms with Gasteiger partial charge in [-0.05, 0) is 31.4 Å². The van der Waals surface area contributed by atoms with Crippen LogP contribution in [-0.4, -0.2) is 43.4 Å². The standard InChI is InChI=1S/C19H30N2O3/c1-4-19(5-2,18(22)23)14-20-12-16-8-6-7-9-17(16)21-10-11-24-15(3)13-21/h6-9,15,20H,4-5,10-14H2,1-3H3,(H,22,23). The monoisotopic (exact) mass is 334 g/mol. The average molecular weight is 334 g/mol. The van der Waals surface area contributed by atoms with Crippen LogP contribution >= 0.6 is 0 Å². The molecule has 1 aromatic carbocycles. The lowest BCUT2D eigenvalue weighted by Crippen LogP contribution is -2.42. The summed E-state index contributed by atoms with van der Waals surface area (Å²) in [5.74, 6) is -0.713. The van der Waals surface area contributed by atoms with Crippen LogP contribution in [0.15, 0.2) is 24.3 Å². The van der Waals surface area contributed by atoms with E-state index in [-0.39, 0.29) is 6.10 Å². The zero-order valence-electron chi connectivity index (χ0n) is 15.0. The van der Waals surface area contributed by atoms with Crippen molar-refractivity contribution in [3.05, 3.63) is 29.8 Å². The van der Waals surface area contributed by atoms with Gasteiger partial charge in [0, 0.05) is 31.9 Å². The predicted molar refractivity (Wildman–Crippen MR) is 96.4 cm³/mol. The van der Waals surface area contributed by atoms with E-state index in [0.717, 1.165) is 19.7 Å². The molecule has 2 rings (SSSR count). The van der Waals surface area contributed by atoms with E-state index >= 15 is 0 Å². The normalized spacial score (nSPS) is 18.6. The number of aliphatic carboxylic acids is 1. The highest BCUT2D eigenvalue weighted by molar-refractivity contribution is 5.74. The summed E-state index contributed by atoms with van der Waals surface area (Å²) in [6.45, 7) is 9.68. The van der Waals surface area contributed by atoms with Crippen molar-refractivity contribution in [2.45, 2.75) is 46.3 Å². The minimum Gasteiger partial charge on any atom is -0.481 e. The van der Waals surface area contributed by atoms with E-state index in [1.807, 2.05) is 19.9 Å². The molecule has 1 unspecified atom stereocenters. The summed E-state index contributed by atoms with van der Waals surface area (Å²) < 4.78 is 5.63. The summed E-state index contributed by atoms with van der Waals surface area (Å²) in [6.07, 6.45) is 1.50. The number of carboxylic acids is 1. The van der Waals surface area contributed by atoms with E-state index in [0.29, 0.717) is 25.9 Å². The van der Waals surface area contributed by atoms with E-state index in [1.165, 1.54) is 11.3 Å². The summed E-state index contributed by atoms with van der Waals surface area (Å²) in [7, 11) is 0. The van der Waals surface area contributed by atoms with E-state index in [9.17, 15) is 9.90 Å². The highest BCUT2D eigenvalue weighted by atomic mass is 16.5. The van der Waals surface area contributed by atoms with Crippen LogP contribution in [0, 0.1) is 5.41 Å². The van der Waals surface area contributed by atoms with Crippen LogP contribution < -0.4 is 10.2 Å². The third-order valence-corrected chi connectivity index (χ3v) is 5.16. The SMILES string of the molecule is CCC(CC)(CNCc1ccccc1N1CCOC(C)C1)C(=O)O. The van der Waals surface area contributed by atoms with Gasteiger partial charge in [0.25, 0.3) is 0 Å². The van der Waals surface area contributed by atoms with Crippen molar-refractivity contribution in [1.29, 1.82) is 0 Å². The molecule has 1 atom stereocenters. The van der Waals surface area contributed by atoms with Gasteiger partial charge in [0.15, 0.2) is 0 Å². The number of nitrogens with zero attached hydrogens (tertiary/aromatic N) is 1. The molecular weight excluding hydrogens is 304 g/mol. The maximum atomic E-state index is 11.6. The fraction of sp³-hybridized carbons (Fsp3) is 0.632. The Morgan fingerprint density at radius 1 is 1.38 bits per heavy atom. The number of nitrogens with one attached hydrogen (secondary N) is 1. The van der Waals surface area contributed by atoms with Crippen molar-refractivity contribution in [2.24, 2.45) is 5.41 Å². The molecule has 1 saturated heterocycles. The van der Waals surface area contributed by atoms with E-state index < -0.39 is 11.4 Å². The topological polar surface area (TPSA) is 61.8 Å². The quantitative estimate of drug-likeness (QED) is 0.765. The zero-order chi connectivity index (χ0) is 17.6. The Kier molecular flexibility index (Phi) is 6.63. The van der Waals surface area contributed by atoms with Crippen LogP contribution in [0.2, 0.25) is 0 Å². The Morgan fingerprint density at radius 3 is 2.71 bits per heavy atom. The van der Waals surface area contributed by atoms with Gasteiger partial charge in [-0.2, -0.15) is 0 Å². The van der Waals surface area contributed by atoms with E-state index in [1.54, 1.807) is 0 Å². The van der Waals surface area contributed by atoms with Gasteiger partial charge in [0.05, 0.1) is 18.1 Å². The molecule has 1 aliphatic heterocycles. The molecule has 1 aromatic rings. The fourth-order valence-electron chi connectivity index (χ4n) is 3.32. The maximum Gasteiger partial charge on any atom is 0.310 e.